The summed E-state index contributed by atoms with van der Waals surface area (Å²) in [7, 11) is 0. The molecule has 3 heteroatoms. The van der Waals surface area contributed by atoms with Crippen molar-refractivity contribution in [2.45, 2.75) is 25.8 Å². The largest absolute Gasteiger partial charge is 0.329 e. The van der Waals surface area contributed by atoms with Gasteiger partial charge >= 0.3 is 0 Å². The first-order valence-electron chi connectivity index (χ1n) is 5.92. The number of rotatable bonds is 3. The van der Waals surface area contributed by atoms with Gasteiger partial charge in [0.1, 0.15) is 0 Å². The third kappa shape index (κ3) is 2.40. The van der Waals surface area contributed by atoms with E-state index in [9.17, 15) is 0 Å². The average Bonchev–Trinajstić information content (AvgIpc) is 2.75. The first-order chi connectivity index (χ1) is 7.72. The first-order valence-corrected chi connectivity index (χ1v) is 6.30. The molecule has 0 aromatic heterocycles. The van der Waals surface area contributed by atoms with Crippen LogP contribution >= 0.6 is 11.6 Å². The Kier molecular flexibility index (Phi) is 3.85. The number of aryl methyl sites for hydroxylation is 1. The molecule has 0 aliphatic carbocycles. The van der Waals surface area contributed by atoms with Crippen molar-refractivity contribution in [2.24, 2.45) is 5.73 Å². The lowest BCUT2D eigenvalue weighted by molar-refractivity contribution is 0.250. The zero-order valence-electron chi connectivity index (χ0n) is 9.75. The molecule has 1 aliphatic heterocycles. The molecule has 2 nitrogen and oxygen atoms in total. The summed E-state index contributed by atoms with van der Waals surface area (Å²) in [6, 6.07) is 6.46. The third-order valence-corrected chi connectivity index (χ3v) is 3.63. The molecule has 0 saturated carbocycles. The number of benzene rings is 1. The summed E-state index contributed by atoms with van der Waals surface area (Å²) in [5, 5.41) is 0.804. The number of likely N-dealkylation sites (tertiary alicyclic amines) is 1. The molecule has 2 N–H and O–H groups in total. The molecule has 0 amide bonds. The van der Waals surface area contributed by atoms with Gasteiger partial charge in [-0.05, 0) is 56.1 Å². The molecular weight excluding hydrogens is 220 g/mol. The lowest BCUT2D eigenvalue weighted by Crippen LogP contribution is -2.31. The van der Waals surface area contributed by atoms with E-state index in [0.717, 1.165) is 5.02 Å². The molecule has 1 unspecified atom stereocenters. The van der Waals surface area contributed by atoms with E-state index in [1.165, 1.54) is 37.1 Å². The summed E-state index contributed by atoms with van der Waals surface area (Å²) in [6.45, 7) is 5.14. The van der Waals surface area contributed by atoms with Crippen LogP contribution in [0.4, 0.5) is 0 Å². The highest BCUT2D eigenvalue weighted by atomic mass is 35.5. The van der Waals surface area contributed by atoms with Crippen molar-refractivity contribution in [2.75, 3.05) is 19.6 Å². The van der Waals surface area contributed by atoms with Gasteiger partial charge in [0.05, 0.1) is 0 Å². The van der Waals surface area contributed by atoms with Crippen molar-refractivity contribution in [3.63, 3.8) is 0 Å². The smallest absolute Gasteiger partial charge is 0.0473 e. The van der Waals surface area contributed by atoms with Crippen molar-refractivity contribution in [3.05, 3.63) is 34.3 Å². The number of halogens is 1. The summed E-state index contributed by atoms with van der Waals surface area (Å²) < 4.78 is 0. The number of nitrogens with two attached hydrogens (primary N) is 1. The van der Waals surface area contributed by atoms with E-state index in [1.54, 1.807) is 0 Å². The van der Waals surface area contributed by atoms with Crippen LogP contribution in [-0.4, -0.2) is 24.5 Å². The maximum Gasteiger partial charge on any atom is 0.0473 e. The van der Waals surface area contributed by atoms with Gasteiger partial charge in [-0.25, -0.2) is 0 Å². The van der Waals surface area contributed by atoms with Crippen molar-refractivity contribution in [1.29, 1.82) is 0 Å². The van der Waals surface area contributed by atoms with Crippen LogP contribution in [0.2, 0.25) is 5.02 Å². The van der Waals surface area contributed by atoms with Gasteiger partial charge < -0.3 is 5.73 Å². The average molecular weight is 239 g/mol. The Labute approximate surface area is 102 Å². The third-order valence-electron chi connectivity index (χ3n) is 3.40. The predicted octanol–water partition coefficient (Wildman–Crippen LogP) is 2.74. The molecule has 1 atom stereocenters. The highest BCUT2D eigenvalue weighted by Gasteiger charge is 2.23. The summed E-state index contributed by atoms with van der Waals surface area (Å²) >= 11 is 5.98. The highest BCUT2D eigenvalue weighted by Crippen LogP contribution is 2.28. The number of hydrogen-bond acceptors (Lipinski definition) is 2. The lowest BCUT2D eigenvalue weighted by atomic mass is 10.0. The van der Waals surface area contributed by atoms with E-state index in [-0.39, 0.29) is 0 Å². The second-order valence-corrected chi connectivity index (χ2v) is 4.93. The van der Waals surface area contributed by atoms with Gasteiger partial charge in [0.2, 0.25) is 0 Å². The van der Waals surface area contributed by atoms with Gasteiger partial charge in [-0.1, -0.05) is 17.7 Å². The Balaban J connectivity index is 2.25. The Morgan fingerprint density at radius 2 is 2.06 bits per heavy atom. The van der Waals surface area contributed by atoms with Gasteiger partial charge in [-0.3, -0.25) is 4.90 Å². The second-order valence-electron chi connectivity index (χ2n) is 4.50. The standard InChI is InChI=1S/C13H19ClN2/c1-10-8-11(14)4-5-12(10)13(9-15)16-6-2-3-7-16/h4-5,8,13H,2-3,6-7,9,15H2,1H3. The Morgan fingerprint density at radius 3 is 2.62 bits per heavy atom. The Hall–Kier alpha value is -0.570. The minimum atomic E-state index is 0.361. The van der Waals surface area contributed by atoms with E-state index in [4.69, 9.17) is 17.3 Å². The molecule has 1 saturated heterocycles. The maximum atomic E-state index is 5.98. The van der Waals surface area contributed by atoms with Gasteiger partial charge in [0, 0.05) is 17.6 Å². The molecule has 88 valence electrons. The van der Waals surface area contributed by atoms with E-state index in [2.05, 4.69) is 17.9 Å². The minimum absolute atomic E-state index is 0.361. The maximum absolute atomic E-state index is 5.98. The number of nitrogens with zero attached hydrogens (tertiary/aromatic N) is 1. The molecule has 0 spiro atoms. The molecular formula is C13H19ClN2. The molecule has 1 aromatic carbocycles. The fourth-order valence-electron chi connectivity index (χ4n) is 2.54. The zero-order chi connectivity index (χ0) is 11.5. The van der Waals surface area contributed by atoms with E-state index in [0.29, 0.717) is 12.6 Å². The van der Waals surface area contributed by atoms with Crippen LogP contribution < -0.4 is 5.73 Å². The normalized spacial score (nSPS) is 18.9. The van der Waals surface area contributed by atoms with Crippen molar-refractivity contribution in [1.82, 2.24) is 4.90 Å². The molecule has 1 aromatic rings. The molecule has 1 heterocycles. The molecule has 16 heavy (non-hydrogen) atoms. The molecule has 1 aliphatic rings. The van der Waals surface area contributed by atoms with E-state index in [1.807, 2.05) is 12.1 Å². The first kappa shape index (κ1) is 11.9. The van der Waals surface area contributed by atoms with Gasteiger partial charge in [-0.2, -0.15) is 0 Å². The van der Waals surface area contributed by atoms with E-state index >= 15 is 0 Å². The van der Waals surface area contributed by atoms with Crippen LogP contribution in [0.15, 0.2) is 18.2 Å². The lowest BCUT2D eigenvalue weighted by Gasteiger charge is -2.28. The van der Waals surface area contributed by atoms with Crippen molar-refractivity contribution < 1.29 is 0 Å². The molecule has 0 bridgehead atoms. The SMILES string of the molecule is Cc1cc(Cl)ccc1C(CN)N1CCCC1. The molecule has 1 fully saturated rings. The Bertz CT molecular complexity index is 359. The summed E-state index contributed by atoms with van der Waals surface area (Å²) in [4.78, 5) is 2.48. The van der Waals surface area contributed by atoms with Crippen molar-refractivity contribution in [3.8, 4) is 0 Å². The quantitative estimate of drug-likeness (QED) is 0.878. The van der Waals surface area contributed by atoms with Gasteiger partial charge in [0.15, 0.2) is 0 Å². The minimum Gasteiger partial charge on any atom is -0.329 e. The number of hydrogen-bond donors (Lipinski definition) is 1. The Morgan fingerprint density at radius 1 is 1.38 bits per heavy atom. The van der Waals surface area contributed by atoms with Crippen molar-refractivity contribution >= 4 is 11.6 Å². The molecule has 2 rings (SSSR count). The van der Waals surface area contributed by atoms with Crippen LogP contribution in [0.25, 0.3) is 0 Å². The predicted molar refractivity (Wildman–Crippen MR) is 68.8 cm³/mol. The van der Waals surface area contributed by atoms with Crippen LogP contribution in [0.3, 0.4) is 0 Å². The second kappa shape index (κ2) is 5.17. The van der Waals surface area contributed by atoms with Gasteiger partial charge in [-0.15, -0.1) is 0 Å². The summed E-state index contributed by atoms with van der Waals surface area (Å²) in [5.41, 5.74) is 8.49. The van der Waals surface area contributed by atoms with Crippen LogP contribution in [0.5, 0.6) is 0 Å². The monoisotopic (exact) mass is 238 g/mol. The van der Waals surface area contributed by atoms with Crippen LogP contribution in [0.1, 0.15) is 30.0 Å². The van der Waals surface area contributed by atoms with Crippen LogP contribution in [-0.2, 0) is 0 Å². The van der Waals surface area contributed by atoms with Crippen LogP contribution in [0, 0.1) is 6.92 Å². The molecule has 0 radical (unpaired) electrons. The topological polar surface area (TPSA) is 29.3 Å². The summed E-state index contributed by atoms with van der Waals surface area (Å²) in [6.07, 6.45) is 2.59. The summed E-state index contributed by atoms with van der Waals surface area (Å²) in [5.74, 6) is 0. The highest BCUT2D eigenvalue weighted by molar-refractivity contribution is 6.30. The van der Waals surface area contributed by atoms with Gasteiger partial charge in [0.25, 0.3) is 0 Å². The fourth-order valence-corrected chi connectivity index (χ4v) is 2.77. The fraction of sp³-hybridized carbons (Fsp3) is 0.538. The van der Waals surface area contributed by atoms with E-state index < -0.39 is 0 Å². The zero-order valence-corrected chi connectivity index (χ0v) is 10.5.